The summed E-state index contributed by atoms with van der Waals surface area (Å²) >= 11 is 3.32. The summed E-state index contributed by atoms with van der Waals surface area (Å²) in [5.41, 5.74) is 0. The van der Waals surface area contributed by atoms with E-state index in [0.717, 1.165) is 34.7 Å². The van der Waals surface area contributed by atoms with Gasteiger partial charge in [0.15, 0.2) is 4.67 Å². The molecular weight excluding hydrogens is 266 g/mol. The van der Waals surface area contributed by atoms with Crippen LogP contribution in [0.2, 0.25) is 0 Å². The highest BCUT2D eigenvalue weighted by atomic mass is 79.9. The normalized spacial score (nSPS) is 20.6. The van der Waals surface area contributed by atoms with E-state index in [4.69, 9.17) is 4.42 Å². The van der Waals surface area contributed by atoms with Crippen LogP contribution in [0.1, 0.15) is 31.4 Å². The van der Waals surface area contributed by atoms with E-state index < -0.39 is 0 Å². The number of hydrogen-bond donors (Lipinski definition) is 1. The third-order valence-corrected chi connectivity index (χ3v) is 4.19. The van der Waals surface area contributed by atoms with Crippen LogP contribution >= 0.6 is 15.9 Å². The molecule has 2 fully saturated rings. The van der Waals surface area contributed by atoms with Crippen LogP contribution in [0, 0.1) is 17.8 Å². The maximum Gasteiger partial charge on any atom is 0.169 e. The van der Waals surface area contributed by atoms with E-state index in [-0.39, 0.29) is 0 Å². The average molecular weight is 284 g/mol. The molecular formula is C13H18BrNO. The molecule has 1 aromatic rings. The van der Waals surface area contributed by atoms with E-state index in [1.165, 1.54) is 32.2 Å². The zero-order valence-corrected chi connectivity index (χ0v) is 11.0. The van der Waals surface area contributed by atoms with Crippen molar-refractivity contribution in [1.29, 1.82) is 0 Å². The Labute approximate surface area is 105 Å². The number of halogens is 1. The van der Waals surface area contributed by atoms with Gasteiger partial charge in [-0.1, -0.05) is 0 Å². The molecule has 3 heteroatoms. The molecule has 0 saturated heterocycles. The molecule has 0 bridgehead atoms. The molecule has 0 atom stereocenters. The van der Waals surface area contributed by atoms with E-state index in [9.17, 15) is 0 Å². The first-order chi connectivity index (χ1) is 7.83. The standard InChI is InChI=1S/C13H18BrNO/c14-13-6-5-11(16-13)7-15-8-12(9-1-2-9)10-3-4-10/h5-6,9-10,12,15H,1-4,7-8H2. The summed E-state index contributed by atoms with van der Waals surface area (Å²) < 4.78 is 6.30. The second-order valence-electron chi connectivity index (χ2n) is 5.18. The molecule has 16 heavy (non-hydrogen) atoms. The molecule has 0 spiro atoms. The smallest absolute Gasteiger partial charge is 0.169 e. The highest BCUT2D eigenvalue weighted by Gasteiger charge is 2.40. The molecule has 0 unspecified atom stereocenters. The third-order valence-electron chi connectivity index (χ3n) is 3.76. The second-order valence-corrected chi connectivity index (χ2v) is 5.96. The van der Waals surface area contributed by atoms with Gasteiger partial charge in [0.25, 0.3) is 0 Å². The summed E-state index contributed by atoms with van der Waals surface area (Å²) in [5, 5.41) is 3.54. The molecule has 0 aromatic carbocycles. The first-order valence-corrected chi connectivity index (χ1v) is 7.07. The Balaban J connectivity index is 1.44. The number of furan rings is 1. The fraction of sp³-hybridized carbons (Fsp3) is 0.692. The summed E-state index contributed by atoms with van der Waals surface area (Å²) in [6, 6.07) is 3.98. The average Bonchev–Trinajstić information content (AvgIpc) is 3.15. The highest BCUT2D eigenvalue weighted by Crippen LogP contribution is 2.48. The summed E-state index contributed by atoms with van der Waals surface area (Å²) in [7, 11) is 0. The van der Waals surface area contributed by atoms with Gasteiger partial charge in [-0.05, 0) is 78.0 Å². The van der Waals surface area contributed by atoms with Gasteiger partial charge in [0.1, 0.15) is 5.76 Å². The van der Waals surface area contributed by atoms with Crippen molar-refractivity contribution in [2.45, 2.75) is 32.2 Å². The maximum atomic E-state index is 5.47. The molecule has 2 saturated carbocycles. The minimum Gasteiger partial charge on any atom is -0.453 e. The Bertz CT molecular complexity index is 343. The molecule has 1 heterocycles. The van der Waals surface area contributed by atoms with E-state index >= 15 is 0 Å². The van der Waals surface area contributed by atoms with Gasteiger partial charge in [-0.15, -0.1) is 0 Å². The molecule has 1 N–H and O–H groups in total. The van der Waals surface area contributed by atoms with Crippen molar-refractivity contribution in [3.8, 4) is 0 Å². The lowest BCUT2D eigenvalue weighted by Crippen LogP contribution is -2.25. The monoisotopic (exact) mass is 283 g/mol. The molecule has 0 amide bonds. The molecule has 2 nitrogen and oxygen atoms in total. The molecule has 3 rings (SSSR count). The zero-order valence-electron chi connectivity index (χ0n) is 9.42. The van der Waals surface area contributed by atoms with Gasteiger partial charge in [0.05, 0.1) is 6.54 Å². The molecule has 0 aliphatic heterocycles. The lowest BCUT2D eigenvalue weighted by Gasteiger charge is -2.15. The van der Waals surface area contributed by atoms with Crippen LogP contribution in [-0.4, -0.2) is 6.54 Å². The molecule has 88 valence electrons. The maximum absolute atomic E-state index is 5.47. The van der Waals surface area contributed by atoms with Crippen molar-refractivity contribution in [2.24, 2.45) is 17.8 Å². The Morgan fingerprint density at radius 1 is 1.25 bits per heavy atom. The first-order valence-electron chi connectivity index (χ1n) is 6.28. The Kier molecular flexibility index (Phi) is 3.07. The van der Waals surface area contributed by atoms with Crippen molar-refractivity contribution >= 4 is 15.9 Å². The molecule has 1 aromatic heterocycles. The Morgan fingerprint density at radius 3 is 2.44 bits per heavy atom. The van der Waals surface area contributed by atoms with Crippen molar-refractivity contribution in [3.63, 3.8) is 0 Å². The van der Waals surface area contributed by atoms with Crippen LogP contribution in [0.25, 0.3) is 0 Å². The van der Waals surface area contributed by atoms with Crippen LogP contribution in [0.3, 0.4) is 0 Å². The fourth-order valence-corrected chi connectivity index (χ4v) is 2.92. The van der Waals surface area contributed by atoms with Gasteiger partial charge in [0.2, 0.25) is 0 Å². The van der Waals surface area contributed by atoms with E-state index in [2.05, 4.69) is 21.2 Å². The largest absolute Gasteiger partial charge is 0.453 e. The van der Waals surface area contributed by atoms with Crippen molar-refractivity contribution in [2.75, 3.05) is 6.54 Å². The van der Waals surface area contributed by atoms with Gasteiger partial charge in [-0.3, -0.25) is 0 Å². The van der Waals surface area contributed by atoms with E-state index in [1.807, 2.05) is 12.1 Å². The van der Waals surface area contributed by atoms with Crippen LogP contribution in [0.5, 0.6) is 0 Å². The molecule has 2 aliphatic rings. The number of hydrogen-bond acceptors (Lipinski definition) is 2. The summed E-state index contributed by atoms with van der Waals surface area (Å²) in [4.78, 5) is 0. The van der Waals surface area contributed by atoms with Gasteiger partial charge >= 0.3 is 0 Å². The Hall–Kier alpha value is -0.280. The predicted octanol–water partition coefficient (Wildman–Crippen LogP) is 3.57. The van der Waals surface area contributed by atoms with E-state index in [0.29, 0.717) is 0 Å². The molecule has 0 radical (unpaired) electrons. The van der Waals surface area contributed by atoms with Crippen LogP contribution < -0.4 is 5.32 Å². The van der Waals surface area contributed by atoms with E-state index in [1.54, 1.807) is 0 Å². The second kappa shape index (κ2) is 4.53. The molecule has 2 aliphatic carbocycles. The van der Waals surface area contributed by atoms with Crippen LogP contribution in [0.4, 0.5) is 0 Å². The van der Waals surface area contributed by atoms with Gasteiger partial charge in [-0.25, -0.2) is 0 Å². The van der Waals surface area contributed by atoms with Crippen LogP contribution in [-0.2, 0) is 6.54 Å². The summed E-state index contributed by atoms with van der Waals surface area (Å²) in [6.45, 7) is 2.04. The number of rotatable bonds is 6. The SMILES string of the molecule is Brc1ccc(CNCC(C2CC2)C2CC2)o1. The third kappa shape index (κ3) is 2.69. The van der Waals surface area contributed by atoms with Crippen molar-refractivity contribution < 1.29 is 4.42 Å². The summed E-state index contributed by atoms with van der Waals surface area (Å²) in [5.74, 6) is 4.03. The zero-order chi connectivity index (χ0) is 11.0. The van der Waals surface area contributed by atoms with Crippen LogP contribution in [0.15, 0.2) is 21.2 Å². The van der Waals surface area contributed by atoms with Gasteiger partial charge < -0.3 is 9.73 Å². The van der Waals surface area contributed by atoms with Crippen molar-refractivity contribution in [1.82, 2.24) is 5.32 Å². The lowest BCUT2D eigenvalue weighted by atomic mass is 9.98. The summed E-state index contributed by atoms with van der Waals surface area (Å²) in [6.07, 6.45) is 5.87. The van der Waals surface area contributed by atoms with Crippen molar-refractivity contribution in [3.05, 3.63) is 22.6 Å². The highest BCUT2D eigenvalue weighted by molar-refractivity contribution is 9.10. The number of nitrogens with one attached hydrogen (secondary N) is 1. The van der Waals surface area contributed by atoms with Gasteiger partial charge in [0, 0.05) is 0 Å². The fourth-order valence-electron chi connectivity index (χ4n) is 2.58. The minimum absolute atomic E-state index is 0.824. The predicted molar refractivity (Wildman–Crippen MR) is 67.1 cm³/mol. The Morgan fingerprint density at radius 2 is 1.94 bits per heavy atom. The first kappa shape index (κ1) is 10.8. The topological polar surface area (TPSA) is 25.2 Å². The van der Waals surface area contributed by atoms with Gasteiger partial charge in [-0.2, -0.15) is 0 Å². The lowest BCUT2D eigenvalue weighted by molar-refractivity contribution is 0.366. The minimum atomic E-state index is 0.824. The quantitative estimate of drug-likeness (QED) is 0.864.